The number of methoxy groups -OCH3 is 1. The van der Waals surface area contributed by atoms with Gasteiger partial charge in [0, 0.05) is 11.6 Å². The summed E-state index contributed by atoms with van der Waals surface area (Å²) < 4.78 is 5.92. The van der Waals surface area contributed by atoms with Crippen molar-refractivity contribution in [3.63, 3.8) is 0 Å². The molecule has 0 bridgehead atoms. The molecule has 0 atom stereocenters. The van der Waals surface area contributed by atoms with Gasteiger partial charge in [0.2, 0.25) is 0 Å². The molecular formula is C20H17NO4S. The minimum absolute atomic E-state index is 0.00393. The summed E-state index contributed by atoms with van der Waals surface area (Å²) in [6, 6.07) is 12.2. The van der Waals surface area contributed by atoms with E-state index in [-0.39, 0.29) is 17.1 Å². The number of aryl methyl sites for hydroxylation is 1. The monoisotopic (exact) mass is 367 g/mol. The summed E-state index contributed by atoms with van der Waals surface area (Å²) in [6.07, 6.45) is 3.08. The molecule has 132 valence electrons. The maximum atomic E-state index is 12.4. The predicted octanol–water partition coefficient (Wildman–Crippen LogP) is 1.95. The van der Waals surface area contributed by atoms with Crippen LogP contribution >= 0.6 is 11.3 Å². The highest BCUT2D eigenvalue weighted by Gasteiger charge is 2.06. The lowest BCUT2D eigenvalue weighted by Gasteiger charge is -2.02. The summed E-state index contributed by atoms with van der Waals surface area (Å²) in [7, 11) is 1.47. The molecular weight excluding hydrogens is 350 g/mol. The van der Waals surface area contributed by atoms with Crippen LogP contribution < -0.4 is 19.5 Å². The number of hydrogen-bond donors (Lipinski definition) is 2. The van der Waals surface area contributed by atoms with Crippen LogP contribution in [-0.4, -0.2) is 23.0 Å². The third-order valence-corrected chi connectivity index (χ3v) is 4.82. The van der Waals surface area contributed by atoms with E-state index in [1.54, 1.807) is 30.3 Å². The van der Waals surface area contributed by atoms with Gasteiger partial charge in [0.05, 0.1) is 16.3 Å². The van der Waals surface area contributed by atoms with Crippen molar-refractivity contribution in [2.45, 2.75) is 6.92 Å². The molecule has 3 aromatic rings. The first-order valence-corrected chi connectivity index (χ1v) is 8.69. The molecule has 3 rings (SSSR count). The van der Waals surface area contributed by atoms with Crippen LogP contribution in [0.1, 0.15) is 21.5 Å². The van der Waals surface area contributed by atoms with Gasteiger partial charge >= 0.3 is 0 Å². The first kappa shape index (κ1) is 17.7. The number of phenolic OH excluding ortho intramolecular Hbond substituents is 1. The lowest BCUT2D eigenvalue weighted by molar-refractivity contribution is 0.106. The largest absolute Gasteiger partial charge is 0.504 e. The summed E-state index contributed by atoms with van der Waals surface area (Å²) in [5.41, 5.74) is 1.86. The van der Waals surface area contributed by atoms with Gasteiger partial charge in [-0.25, -0.2) is 0 Å². The van der Waals surface area contributed by atoms with Gasteiger partial charge in [0.15, 0.2) is 17.3 Å². The van der Waals surface area contributed by atoms with E-state index in [2.05, 4.69) is 4.98 Å². The Hall–Kier alpha value is -3.12. The van der Waals surface area contributed by atoms with Crippen molar-refractivity contribution in [3.8, 4) is 11.5 Å². The molecule has 0 saturated carbocycles. The van der Waals surface area contributed by atoms with Gasteiger partial charge in [-0.15, -0.1) is 11.3 Å². The summed E-state index contributed by atoms with van der Waals surface area (Å²) in [5.74, 6) is 0.199. The predicted molar refractivity (Wildman–Crippen MR) is 102 cm³/mol. The fourth-order valence-corrected chi connectivity index (χ4v) is 3.40. The van der Waals surface area contributed by atoms with E-state index in [1.165, 1.54) is 30.6 Å². The van der Waals surface area contributed by atoms with Crippen LogP contribution in [0, 0.1) is 6.92 Å². The lowest BCUT2D eigenvalue weighted by atomic mass is 10.1. The van der Waals surface area contributed by atoms with E-state index in [9.17, 15) is 14.7 Å². The van der Waals surface area contributed by atoms with Crippen molar-refractivity contribution in [3.05, 3.63) is 78.7 Å². The number of aromatic hydroxyl groups is 1. The number of hydrogen-bond acceptors (Lipinski definition) is 5. The second-order valence-electron chi connectivity index (χ2n) is 5.68. The second kappa shape index (κ2) is 7.41. The molecule has 0 spiro atoms. The standard InChI is InChI=1S/C20H17NO4S/c1-12-5-3-4-6-14(12)15(22)11-19-21-20(24)18(26-19)10-13-7-8-17(25-2)16(23)9-13/h3-11,23H,1-2H3,(H,21,24). The Balaban J connectivity index is 1.99. The van der Waals surface area contributed by atoms with Crippen molar-refractivity contribution in [2.24, 2.45) is 0 Å². The topological polar surface area (TPSA) is 79.4 Å². The lowest BCUT2D eigenvalue weighted by Crippen LogP contribution is -2.20. The quantitative estimate of drug-likeness (QED) is 0.691. The smallest absolute Gasteiger partial charge is 0.266 e. The molecule has 0 aliphatic heterocycles. The van der Waals surface area contributed by atoms with Gasteiger partial charge in [0.1, 0.15) is 0 Å². The molecule has 2 aromatic carbocycles. The maximum Gasteiger partial charge on any atom is 0.266 e. The molecule has 0 unspecified atom stereocenters. The van der Waals surface area contributed by atoms with Crippen LogP contribution in [0.2, 0.25) is 0 Å². The van der Waals surface area contributed by atoms with Crippen molar-refractivity contribution in [1.29, 1.82) is 0 Å². The van der Waals surface area contributed by atoms with Gasteiger partial charge < -0.3 is 14.8 Å². The average molecular weight is 367 g/mol. The van der Waals surface area contributed by atoms with Crippen molar-refractivity contribution < 1.29 is 14.6 Å². The number of aromatic nitrogens is 1. The van der Waals surface area contributed by atoms with E-state index in [0.717, 1.165) is 5.56 Å². The molecule has 26 heavy (non-hydrogen) atoms. The van der Waals surface area contributed by atoms with Gasteiger partial charge in [-0.3, -0.25) is 9.59 Å². The number of Topliss-reactive ketones (excluding diaryl/α,β-unsaturated/α-hetero) is 1. The molecule has 5 nitrogen and oxygen atoms in total. The summed E-state index contributed by atoms with van der Waals surface area (Å²) >= 11 is 1.19. The molecule has 1 aromatic heterocycles. The molecule has 1 heterocycles. The minimum atomic E-state index is -0.283. The van der Waals surface area contributed by atoms with E-state index >= 15 is 0 Å². The van der Waals surface area contributed by atoms with Crippen molar-refractivity contribution in [2.75, 3.05) is 7.11 Å². The zero-order valence-electron chi connectivity index (χ0n) is 14.3. The Morgan fingerprint density at radius 1 is 1.23 bits per heavy atom. The van der Waals surface area contributed by atoms with Crippen molar-refractivity contribution in [1.82, 2.24) is 4.98 Å². The summed E-state index contributed by atoms with van der Waals surface area (Å²) in [4.78, 5) is 27.2. The van der Waals surface area contributed by atoms with Crippen LogP contribution in [0.15, 0.2) is 47.3 Å². The minimum Gasteiger partial charge on any atom is -0.504 e. The SMILES string of the molecule is COc1ccc(C=c2sc(=CC(=O)c3ccccc3C)[nH]c2=O)cc1O. The first-order valence-electron chi connectivity index (χ1n) is 7.87. The van der Waals surface area contributed by atoms with Crippen LogP contribution in [-0.2, 0) is 0 Å². The highest BCUT2D eigenvalue weighted by molar-refractivity contribution is 7.07. The molecule has 0 aliphatic rings. The summed E-state index contributed by atoms with van der Waals surface area (Å²) in [5, 5.41) is 9.84. The number of H-pyrrole nitrogens is 1. The molecule has 2 N–H and O–H groups in total. The number of nitrogens with one attached hydrogen (secondary N) is 1. The van der Waals surface area contributed by atoms with Gasteiger partial charge in [-0.2, -0.15) is 0 Å². The normalized spacial score (nSPS) is 12.4. The highest BCUT2D eigenvalue weighted by Crippen LogP contribution is 2.26. The van der Waals surface area contributed by atoms with Gasteiger partial charge in [-0.05, 0) is 36.3 Å². The van der Waals surface area contributed by atoms with Crippen LogP contribution in [0.5, 0.6) is 11.5 Å². The van der Waals surface area contributed by atoms with Crippen LogP contribution in [0.3, 0.4) is 0 Å². The zero-order valence-corrected chi connectivity index (χ0v) is 15.1. The molecule has 0 fully saturated rings. The Bertz CT molecular complexity index is 1140. The third kappa shape index (κ3) is 3.75. The number of aromatic amines is 1. The molecule has 0 saturated heterocycles. The zero-order chi connectivity index (χ0) is 18.7. The Morgan fingerprint density at radius 3 is 2.69 bits per heavy atom. The van der Waals surface area contributed by atoms with Crippen LogP contribution in [0.4, 0.5) is 0 Å². The highest BCUT2D eigenvalue weighted by atomic mass is 32.1. The molecule has 0 radical (unpaired) electrons. The average Bonchev–Trinajstić information content (AvgIpc) is 2.94. The number of thiazole rings is 1. The Morgan fingerprint density at radius 2 is 2.00 bits per heavy atom. The van der Waals surface area contributed by atoms with E-state index in [0.29, 0.717) is 26.1 Å². The molecule has 0 amide bonds. The van der Waals surface area contributed by atoms with E-state index in [4.69, 9.17) is 4.74 Å². The van der Waals surface area contributed by atoms with E-state index in [1.807, 2.05) is 19.1 Å². The van der Waals surface area contributed by atoms with Crippen molar-refractivity contribution >= 4 is 29.3 Å². The third-order valence-electron chi connectivity index (χ3n) is 3.85. The van der Waals surface area contributed by atoms with E-state index < -0.39 is 0 Å². The number of carbonyl (C=O) groups is 1. The Labute approximate surface area is 153 Å². The maximum absolute atomic E-state index is 12.4. The molecule has 6 heteroatoms. The number of benzene rings is 2. The summed E-state index contributed by atoms with van der Waals surface area (Å²) in [6.45, 7) is 1.87. The number of carbonyl (C=O) groups excluding carboxylic acids is 1. The number of ether oxygens (including phenoxy) is 1. The van der Waals surface area contributed by atoms with Crippen LogP contribution in [0.25, 0.3) is 12.2 Å². The second-order valence-corrected chi connectivity index (χ2v) is 6.77. The fraction of sp³-hybridized carbons (Fsp3) is 0.100. The Kier molecular flexibility index (Phi) is 5.04. The number of phenols is 1. The number of ketones is 1. The fourth-order valence-electron chi connectivity index (χ4n) is 2.52. The van der Waals surface area contributed by atoms with Gasteiger partial charge in [0.25, 0.3) is 5.56 Å². The van der Waals surface area contributed by atoms with Gasteiger partial charge in [-0.1, -0.05) is 30.3 Å². The first-order chi connectivity index (χ1) is 12.5. The number of rotatable bonds is 4. The molecule has 0 aliphatic carbocycles.